The lowest BCUT2D eigenvalue weighted by Crippen LogP contribution is -2.20. The molecule has 0 atom stereocenters. The molecule has 0 aliphatic rings. The Morgan fingerprint density at radius 3 is 2.74 bits per heavy atom. The van der Waals surface area contributed by atoms with Gasteiger partial charge >= 0.3 is 6.03 Å². The number of carbonyl (C=O) groups excluding carboxylic acids is 1. The van der Waals surface area contributed by atoms with Crippen molar-refractivity contribution in [1.29, 1.82) is 0 Å². The summed E-state index contributed by atoms with van der Waals surface area (Å²) < 4.78 is 13.8. The van der Waals surface area contributed by atoms with Crippen molar-refractivity contribution in [3.8, 4) is 10.6 Å². The highest BCUT2D eigenvalue weighted by atomic mass is 35.5. The topological polar surface area (TPSA) is 66.9 Å². The maximum Gasteiger partial charge on any atom is 0.323 e. The highest BCUT2D eigenvalue weighted by Crippen LogP contribution is 2.30. The number of hydrogen-bond donors (Lipinski definition) is 2. The van der Waals surface area contributed by atoms with E-state index in [2.05, 4.69) is 20.6 Å². The molecule has 0 fully saturated rings. The summed E-state index contributed by atoms with van der Waals surface area (Å²) in [4.78, 5) is 21.9. The Hall–Kier alpha value is -3.03. The summed E-state index contributed by atoms with van der Waals surface area (Å²) in [5.41, 5.74) is 2.15. The van der Waals surface area contributed by atoms with Crippen molar-refractivity contribution in [2.45, 2.75) is 0 Å². The normalized spacial score (nSPS) is 10.7. The van der Waals surface area contributed by atoms with Crippen LogP contribution in [-0.2, 0) is 0 Å². The van der Waals surface area contributed by atoms with Gasteiger partial charge < -0.3 is 10.6 Å². The predicted molar refractivity (Wildman–Crippen MR) is 107 cm³/mol. The number of carbonyl (C=O) groups is 1. The van der Waals surface area contributed by atoms with E-state index in [9.17, 15) is 9.18 Å². The van der Waals surface area contributed by atoms with Crippen LogP contribution in [-0.4, -0.2) is 16.0 Å². The minimum Gasteiger partial charge on any atom is -0.308 e. The highest BCUT2D eigenvalue weighted by molar-refractivity contribution is 7.21. The largest absolute Gasteiger partial charge is 0.323 e. The number of nitrogens with one attached hydrogen (secondary N) is 2. The van der Waals surface area contributed by atoms with E-state index < -0.39 is 11.8 Å². The van der Waals surface area contributed by atoms with Crippen LogP contribution in [0.5, 0.6) is 0 Å². The first-order chi connectivity index (χ1) is 13.1. The molecule has 0 bridgehead atoms. The zero-order valence-corrected chi connectivity index (χ0v) is 15.3. The lowest BCUT2D eigenvalue weighted by atomic mass is 10.2. The van der Waals surface area contributed by atoms with Crippen molar-refractivity contribution in [3.05, 3.63) is 71.6 Å². The number of pyridine rings is 1. The van der Waals surface area contributed by atoms with Gasteiger partial charge in [0.15, 0.2) is 0 Å². The quantitative estimate of drug-likeness (QED) is 0.458. The van der Waals surface area contributed by atoms with Gasteiger partial charge in [-0.3, -0.25) is 0 Å². The molecular weight excluding hydrogens is 387 g/mol. The first-order valence-electron chi connectivity index (χ1n) is 7.94. The zero-order chi connectivity index (χ0) is 18.8. The average molecular weight is 399 g/mol. The third-order valence-electron chi connectivity index (χ3n) is 3.74. The number of anilines is 2. The Bertz CT molecular complexity index is 1090. The minimum atomic E-state index is -0.603. The van der Waals surface area contributed by atoms with Gasteiger partial charge in [0.05, 0.1) is 10.7 Å². The van der Waals surface area contributed by atoms with E-state index in [0.717, 1.165) is 20.9 Å². The number of amides is 2. The van der Waals surface area contributed by atoms with Crippen molar-refractivity contribution in [1.82, 2.24) is 9.97 Å². The number of halogens is 2. The van der Waals surface area contributed by atoms with Crippen molar-refractivity contribution in [2.24, 2.45) is 0 Å². The Balaban J connectivity index is 1.55. The molecule has 5 nitrogen and oxygen atoms in total. The molecule has 0 aliphatic heterocycles. The molecule has 4 aromatic rings. The summed E-state index contributed by atoms with van der Waals surface area (Å²) in [6, 6.07) is 14.6. The van der Waals surface area contributed by atoms with E-state index in [-0.39, 0.29) is 10.7 Å². The van der Waals surface area contributed by atoms with Gasteiger partial charge in [-0.1, -0.05) is 41.1 Å². The highest BCUT2D eigenvalue weighted by Gasteiger charge is 2.12. The Kier molecular flexibility index (Phi) is 4.70. The standard InChI is InChI=1S/C19H12ClFN4OS/c20-13-6-2-7-14(21)16(13)25-19(26)23-12-5-1-4-11(10-12)17-24-15-8-3-9-22-18(15)27-17/h1-10H,(H2,23,25,26). The Morgan fingerprint density at radius 1 is 1.07 bits per heavy atom. The van der Waals surface area contributed by atoms with Crippen LogP contribution in [0.4, 0.5) is 20.6 Å². The van der Waals surface area contributed by atoms with E-state index >= 15 is 0 Å². The molecule has 2 amide bonds. The van der Waals surface area contributed by atoms with Gasteiger partial charge in [0.2, 0.25) is 0 Å². The second-order valence-electron chi connectivity index (χ2n) is 5.60. The molecule has 2 aromatic heterocycles. The summed E-state index contributed by atoms with van der Waals surface area (Å²) in [6.07, 6.45) is 1.72. The first kappa shape index (κ1) is 17.4. The van der Waals surface area contributed by atoms with Crippen molar-refractivity contribution in [2.75, 3.05) is 10.6 Å². The number of thiazole rings is 1. The van der Waals surface area contributed by atoms with Crippen LogP contribution < -0.4 is 10.6 Å². The van der Waals surface area contributed by atoms with Gasteiger partial charge in [-0.15, -0.1) is 0 Å². The third kappa shape index (κ3) is 3.74. The van der Waals surface area contributed by atoms with Crippen LogP contribution in [0.15, 0.2) is 60.8 Å². The van der Waals surface area contributed by atoms with Crippen LogP contribution in [0.25, 0.3) is 20.9 Å². The van der Waals surface area contributed by atoms with Crippen molar-refractivity contribution >= 4 is 50.7 Å². The van der Waals surface area contributed by atoms with Gasteiger partial charge in [-0.2, -0.15) is 0 Å². The fraction of sp³-hybridized carbons (Fsp3) is 0. The lowest BCUT2D eigenvalue weighted by molar-refractivity contribution is 0.262. The number of urea groups is 1. The van der Waals surface area contributed by atoms with Gasteiger partial charge in [-0.25, -0.2) is 19.2 Å². The summed E-state index contributed by atoms with van der Waals surface area (Å²) in [6.45, 7) is 0. The van der Waals surface area contributed by atoms with E-state index in [0.29, 0.717) is 5.69 Å². The van der Waals surface area contributed by atoms with Crippen LogP contribution in [0.2, 0.25) is 5.02 Å². The molecule has 0 aliphatic carbocycles. The van der Waals surface area contributed by atoms with Crippen LogP contribution in [0, 0.1) is 5.82 Å². The van der Waals surface area contributed by atoms with Crippen molar-refractivity contribution in [3.63, 3.8) is 0 Å². The molecule has 0 spiro atoms. The molecule has 0 saturated heterocycles. The van der Waals surface area contributed by atoms with Gasteiger partial charge in [-0.05, 0) is 36.4 Å². The van der Waals surface area contributed by atoms with Gasteiger partial charge in [0.1, 0.15) is 21.2 Å². The fourth-order valence-electron chi connectivity index (χ4n) is 2.52. The lowest BCUT2D eigenvalue weighted by Gasteiger charge is -2.10. The molecule has 0 unspecified atom stereocenters. The predicted octanol–water partition coefficient (Wildman–Crippen LogP) is 5.79. The number of fused-ring (bicyclic) bond motifs is 1. The second kappa shape index (κ2) is 7.30. The number of aromatic nitrogens is 2. The summed E-state index contributed by atoms with van der Waals surface area (Å²) in [5.74, 6) is -0.603. The summed E-state index contributed by atoms with van der Waals surface area (Å²) in [7, 11) is 0. The van der Waals surface area contributed by atoms with Gasteiger partial charge in [0.25, 0.3) is 0 Å². The molecular formula is C19H12ClFN4OS. The molecule has 0 saturated carbocycles. The van der Waals surface area contributed by atoms with Crippen LogP contribution >= 0.6 is 22.9 Å². The molecule has 2 N–H and O–H groups in total. The maximum atomic E-state index is 13.8. The summed E-state index contributed by atoms with van der Waals surface area (Å²) in [5, 5.41) is 6.02. The summed E-state index contributed by atoms with van der Waals surface area (Å²) >= 11 is 7.39. The number of benzene rings is 2. The van der Waals surface area contributed by atoms with E-state index in [4.69, 9.17) is 11.6 Å². The first-order valence-corrected chi connectivity index (χ1v) is 9.13. The van der Waals surface area contributed by atoms with Gasteiger partial charge in [0, 0.05) is 17.4 Å². The van der Waals surface area contributed by atoms with E-state index in [1.54, 1.807) is 24.4 Å². The molecule has 4 rings (SSSR count). The van der Waals surface area contributed by atoms with Crippen LogP contribution in [0.3, 0.4) is 0 Å². The Morgan fingerprint density at radius 2 is 1.93 bits per heavy atom. The maximum absolute atomic E-state index is 13.8. The molecule has 27 heavy (non-hydrogen) atoms. The molecule has 8 heteroatoms. The fourth-order valence-corrected chi connectivity index (χ4v) is 3.63. The average Bonchev–Trinajstić information content (AvgIpc) is 3.09. The smallest absolute Gasteiger partial charge is 0.308 e. The second-order valence-corrected chi connectivity index (χ2v) is 6.99. The van der Waals surface area contributed by atoms with E-state index in [1.165, 1.54) is 29.5 Å². The SMILES string of the molecule is O=C(Nc1cccc(-c2nc3cccnc3s2)c1)Nc1c(F)cccc1Cl. The minimum absolute atomic E-state index is 0.0648. The van der Waals surface area contributed by atoms with Crippen LogP contribution in [0.1, 0.15) is 0 Å². The third-order valence-corrected chi connectivity index (χ3v) is 5.08. The van der Waals surface area contributed by atoms with Crippen molar-refractivity contribution < 1.29 is 9.18 Å². The molecule has 134 valence electrons. The van der Waals surface area contributed by atoms with E-state index in [1.807, 2.05) is 18.2 Å². The molecule has 0 radical (unpaired) electrons. The monoisotopic (exact) mass is 398 g/mol. The number of hydrogen-bond acceptors (Lipinski definition) is 4. The molecule has 2 heterocycles. The number of nitrogens with zero attached hydrogens (tertiary/aromatic N) is 2. The number of rotatable bonds is 3. The number of para-hydroxylation sites is 1. The molecule has 2 aromatic carbocycles. The zero-order valence-electron chi connectivity index (χ0n) is 13.7. The Labute approximate surface area is 162 Å².